The number of nitrogens with one attached hydrogen (secondary N) is 2. The molecule has 2 heterocycles. The number of hydrogen-bond acceptors (Lipinski definition) is 5. The van der Waals surface area contributed by atoms with Crippen LogP contribution in [-0.2, 0) is 16.0 Å². The third-order valence-electron chi connectivity index (χ3n) is 5.17. The minimum atomic E-state index is -0.812. The van der Waals surface area contributed by atoms with Crippen LogP contribution in [0, 0.1) is 12.8 Å². The van der Waals surface area contributed by atoms with Crippen LogP contribution in [0.25, 0.3) is 0 Å². The fourth-order valence-electron chi connectivity index (χ4n) is 3.69. The van der Waals surface area contributed by atoms with Crippen molar-refractivity contribution in [1.82, 2.24) is 20.5 Å². The molecule has 2 atom stereocenters. The highest BCUT2D eigenvalue weighted by molar-refractivity contribution is 7.09. The third-order valence-corrected chi connectivity index (χ3v) is 6.00. The summed E-state index contributed by atoms with van der Waals surface area (Å²) in [5, 5.41) is 8.58. The Morgan fingerprint density at radius 3 is 2.96 bits per heavy atom. The van der Waals surface area contributed by atoms with Gasteiger partial charge < -0.3 is 10.6 Å². The molecule has 8 heteroatoms. The number of aryl methyl sites for hydroxylation is 1. The van der Waals surface area contributed by atoms with Crippen LogP contribution in [0.1, 0.15) is 43.3 Å². The molecule has 1 aromatic rings. The van der Waals surface area contributed by atoms with Gasteiger partial charge in [0.2, 0.25) is 5.91 Å². The lowest BCUT2D eigenvalue weighted by molar-refractivity contribution is -0.137. The van der Waals surface area contributed by atoms with Crippen LogP contribution in [0.2, 0.25) is 0 Å². The number of amides is 4. The molecule has 136 valence electrons. The Balaban J connectivity index is 1.54. The maximum Gasteiger partial charge on any atom is 0.325 e. The van der Waals surface area contributed by atoms with E-state index in [1.165, 1.54) is 0 Å². The van der Waals surface area contributed by atoms with Crippen molar-refractivity contribution >= 4 is 29.2 Å². The third kappa shape index (κ3) is 3.53. The van der Waals surface area contributed by atoms with Crippen LogP contribution in [0.5, 0.6) is 0 Å². The van der Waals surface area contributed by atoms with Crippen LogP contribution in [0.15, 0.2) is 5.38 Å². The number of imide groups is 1. The minimum Gasteiger partial charge on any atom is -0.354 e. The van der Waals surface area contributed by atoms with E-state index >= 15 is 0 Å². The quantitative estimate of drug-likeness (QED) is 0.777. The number of rotatable bonds is 5. The summed E-state index contributed by atoms with van der Waals surface area (Å²) in [5.74, 6) is -0.482. The predicted octanol–water partition coefficient (Wildman–Crippen LogP) is 1.61. The predicted molar refractivity (Wildman–Crippen MR) is 94.2 cm³/mol. The second kappa shape index (κ2) is 7.11. The molecule has 0 aromatic carbocycles. The molecule has 1 saturated carbocycles. The molecule has 0 unspecified atom stereocenters. The summed E-state index contributed by atoms with van der Waals surface area (Å²) in [6.45, 7) is 4.14. The summed E-state index contributed by atoms with van der Waals surface area (Å²) >= 11 is 1.57. The number of urea groups is 1. The van der Waals surface area contributed by atoms with Crippen LogP contribution < -0.4 is 10.6 Å². The molecule has 3 rings (SSSR count). The van der Waals surface area contributed by atoms with Gasteiger partial charge in [0.25, 0.3) is 5.91 Å². The van der Waals surface area contributed by atoms with E-state index in [4.69, 9.17) is 0 Å². The van der Waals surface area contributed by atoms with Crippen molar-refractivity contribution in [3.05, 3.63) is 16.1 Å². The first-order valence-corrected chi connectivity index (χ1v) is 9.62. The lowest BCUT2D eigenvalue weighted by Gasteiger charge is -2.36. The highest BCUT2D eigenvalue weighted by Gasteiger charge is 2.55. The zero-order chi connectivity index (χ0) is 18.0. The van der Waals surface area contributed by atoms with Crippen molar-refractivity contribution in [2.75, 3.05) is 13.1 Å². The molecule has 2 fully saturated rings. The van der Waals surface area contributed by atoms with E-state index in [0.29, 0.717) is 19.4 Å². The van der Waals surface area contributed by atoms with Gasteiger partial charge in [-0.05, 0) is 25.7 Å². The molecule has 0 bridgehead atoms. The molecule has 7 nitrogen and oxygen atoms in total. The molecule has 1 saturated heterocycles. The first kappa shape index (κ1) is 17.8. The highest BCUT2D eigenvalue weighted by Crippen LogP contribution is 2.38. The Labute approximate surface area is 151 Å². The molecular formula is C17H24N4O3S. The van der Waals surface area contributed by atoms with Crippen molar-refractivity contribution in [3.8, 4) is 0 Å². The maximum atomic E-state index is 12.8. The molecule has 1 aliphatic heterocycles. The summed E-state index contributed by atoms with van der Waals surface area (Å²) < 4.78 is 0. The van der Waals surface area contributed by atoms with Gasteiger partial charge in [0.1, 0.15) is 12.1 Å². The van der Waals surface area contributed by atoms with Crippen LogP contribution in [0.3, 0.4) is 0 Å². The Kier molecular flexibility index (Phi) is 5.08. The Morgan fingerprint density at radius 1 is 1.48 bits per heavy atom. The van der Waals surface area contributed by atoms with Gasteiger partial charge in [-0.2, -0.15) is 0 Å². The number of carbonyl (C=O) groups is 3. The van der Waals surface area contributed by atoms with Crippen LogP contribution in [0.4, 0.5) is 4.79 Å². The van der Waals surface area contributed by atoms with Gasteiger partial charge in [0.15, 0.2) is 0 Å². The fraction of sp³-hybridized carbons (Fsp3) is 0.647. The second-order valence-corrected chi connectivity index (χ2v) is 7.96. The smallest absolute Gasteiger partial charge is 0.325 e. The summed E-state index contributed by atoms with van der Waals surface area (Å²) in [6, 6.07) is -0.455. The number of hydrogen-bond donors (Lipinski definition) is 2. The number of carbonyl (C=O) groups excluding carboxylic acids is 3. The van der Waals surface area contributed by atoms with Crippen LogP contribution >= 0.6 is 11.3 Å². The molecule has 25 heavy (non-hydrogen) atoms. The Morgan fingerprint density at radius 2 is 2.28 bits per heavy atom. The van der Waals surface area contributed by atoms with E-state index < -0.39 is 11.6 Å². The molecule has 2 aliphatic rings. The van der Waals surface area contributed by atoms with Gasteiger partial charge in [-0.1, -0.05) is 19.8 Å². The van der Waals surface area contributed by atoms with Crippen molar-refractivity contribution in [3.63, 3.8) is 0 Å². The number of nitrogens with zero attached hydrogens (tertiary/aromatic N) is 2. The average Bonchev–Trinajstić information content (AvgIpc) is 3.08. The van der Waals surface area contributed by atoms with Gasteiger partial charge in [0, 0.05) is 18.3 Å². The van der Waals surface area contributed by atoms with Gasteiger partial charge in [-0.3, -0.25) is 14.5 Å². The fourth-order valence-corrected chi connectivity index (χ4v) is 4.34. The lowest BCUT2D eigenvalue weighted by Crippen LogP contribution is -2.54. The number of aromatic nitrogens is 1. The Hall–Kier alpha value is -1.96. The van der Waals surface area contributed by atoms with E-state index in [9.17, 15) is 14.4 Å². The highest BCUT2D eigenvalue weighted by atomic mass is 32.1. The van der Waals surface area contributed by atoms with E-state index in [2.05, 4.69) is 15.6 Å². The monoisotopic (exact) mass is 364 g/mol. The maximum absolute atomic E-state index is 12.8. The van der Waals surface area contributed by atoms with Crippen LogP contribution in [-0.4, -0.2) is 46.4 Å². The second-order valence-electron chi connectivity index (χ2n) is 6.90. The topological polar surface area (TPSA) is 91.4 Å². The van der Waals surface area contributed by atoms with Gasteiger partial charge in [-0.15, -0.1) is 11.3 Å². The SMILES string of the molecule is Cc1nc(CCNC(=O)CN2C(=O)N[C@@]3(CCCC[C@@H]3C)C2=O)cs1. The van der Waals surface area contributed by atoms with Crippen molar-refractivity contribution < 1.29 is 14.4 Å². The summed E-state index contributed by atoms with van der Waals surface area (Å²) in [6.07, 6.45) is 4.20. The molecule has 0 radical (unpaired) electrons. The summed E-state index contributed by atoms with van der Waals surface area (Å²) in [7, 11) is 0. The van der Waals surface area contributed by atoms with Crippen molar-refractivity contribution in [2.24, 2.45) is 5.92 Å². The van der Waals surface area contributed by atoms with E-state index in [-0.39, 0.29) is 24.3 Å². The zero-order valence-corrected chi connectivity index (χ0v) is 15.4. The summed E-state index contributed by atoms with van der Waals surface area (Å²) in [4.78, 5) is 42.6. The molecule has 4 amide bonds. The normalized spacial score (nSPS) is 26.2. The summed E-state index contributed by atoms with van der Waals surface area (Å²) in [5.41, 5.74) is 0.126. The van der Waals surface area contributed by atoms with E-state index in [1.54, 1.807) is 11.3 Å². The molecule has 1 aliphatic carbocycles. The molecule has 1 spiro atoms. The van der Waals surface area contributed by atoms with Gasteiger partial charge in [-0.25, -0.2) is 9.78 Å². The van der Waals surface area contributed by atoms with Gasteiger partial charge in [0.05, 0.1) is 10.7 Å². The standard InChI is InChI=1S/C17H24N4O3S/c1-11-5-3-4-7-17(11)15(23)21(16(24)20-17)9-14(22)18-8-6-13-10-25-12(2)19-13/h10-11H,3-9H2,1-2H3,(H,18,22)(H,20,24)/t11-,17+/m0/s1. The number of thiazole rings is 1. The van der Waals surface area contributed by atoms with Crippen molar-refractivity contribution in [2.45, 2.75) is 51.5 Å². The first-order valence-electron chi connectivity index (χ1n) is 8.74. The largest absolute Gasteiger partial charge is 0.354 e. The van der Waals surface area contributed by atoms with E-state index in [0.717, 1.165) is 34.9 Å². The first-order chi connectivity index (χ1) is 11.9. The lowest BCUT2D eigenvalue weighted by atomic mass is 9.73. The Bertz CT molecular complexity index is 689. The average molecular weight is 364 g/mol. The zero-order valence-electron chi connectivity index (χ0n) is 14.6. The molecular weight excluding hydrogens is 340 g/mol. The van der Waals surface area contributed by atoms with E-state index in [1.807, 2.05) is 19.2 Å². The van der Waals surface area contributed by atoms with Crippen molar-refractivity contribution in [1.29, 1.82) is 0 Å². The molecule has 2 N–H and O–H groups in total. The van der Waals surface area contributed by atoms with Gasteiger partial charge >= 0.3 is 6.03 Å². The molecule has 1 aromatic heterocycles. The minimum absolute atomic E-state index is 0.0960.